The number of amides is 1. The fourth-order valence-electron chi connectivity index (χ4n) is 4.60. The summed E-state index contributed by atoms with van der Waals surface area (Å²) in [7, 11) is 0. The first-order valence-corrected chi connectivity index (χ1v) is 12.4. The molecule has 0 spiro atoms. The minimum atomic E-state index is 0.0185. The van der Waals surface area contributed by atoms with Gasteiger partial charge in [0.25, 0.3) is 0 Å². The largest absolute Gasteiger partial charge is 0.341 e. The van der Waals surface area contributed by atoms with Gasteiger partial charge in [-0.2, -0.15) is 0 Å². The molecule has 6 nitrogen and oxygen atoms in total. The number of carbonyl (C=O) groups excluding carboxylic acids is 1. The van der Waals surface area contributed by atoms with Crippen molar-refractivity contribution in [2.45, 2.75) is 44.1 Å². The van der Waals surface area contributed by atoms with Gasteiger partial charge >= 0.3 is 0 Å². The lowest BCUT2D eigenvalue weighted by Crippen LogP contribution is -2.50. The van der Waals surface area contributed by atoms with Crippen molar-refractivity contribution in [3.8, 4) is 10.4 Å². The summed E-state index contributed by atoms with van der Waals surface area (Å²) in [5, 5.41) is 7.59. The van der Waals surface area contributed by atoms with E-state index in [4.69, 9.17) is 4.98 Å². The second-order valence-corrected chi connectivity index (χ2v) is 9.60. The second-order valence-electron chi connectivity index (χ2n) is 8.57. The molecular formula is C25H29N5OS. The number of benzene rings is 1. The Hall–Kier alpha value is -2.77. The van der Waals surface area contributed by atoms with Crippen molar-refractivity contribution in [1.29, 1.82) is 0 Å². The Morgan fingerprint density at radius 1 is 1.03 bits per heavy atom. The molecule has 0 radical (unpaired) electrons. The quantitative estimate of drug-likeness (QED) is 0.588. The minimum Gasteiger partial charge on any atom is -0.341 e. The molecule has 2 fully saturated rings. The average Bonchev–Trinajstić information content (AvgIpc) is 3.33. The van der Waals surface area contributed by atoms with Crippen LogP contribution in [-0.4, -0.2) is 46.5 Å². The van der Waals surface area contributed by atoms with Gasteiger partial charge in [-0.05, 0) is 49.9 Å². The summed E-state index contributed by atoms with van der Waals surface area (Å²) in [5.74, 6) is 1.49. The molecule has 1 unspecified atom stereocenters. The van der Waals surface area contributed by atoms with Crippen molar-refractivity contribution < 1.29 is 4.79 Å². The number of anilines is 2. The van der Waals surface area contributed by atoms with Crippen LogP contribution in [0.3, 0.4) is 0 Å². The normalized spacial score (nSPS) is 19.6. The number of carbonyl (C=O) groups is 1. The van der Waals surface area contributed by atoms with Crippen molar-refractivity contribution in [2.24, 2.45) is 0 Å². The summed E-state index contributed by atoms with van der Waals surface area (Å²) in [6.07, 6.45) is 7.12. The van der Waals surface area contributed by atoms with Gasteiger partial charge in [-0.15, -0.1) is 0 Å². The topological polar surface area (TPSA) is 70.2 Å². The van der Waals surface area contributed by atoms with E-state index in [1.165, 1.54) is 12.0 Å². The minimum absolute atomic E-state index is 0.0185. The van der Waals surface area contributed by atoms with Crippen molar-refractivity contribution in [3.05, 3.63) is 60.4 Å². The molecule has 2 aromatic heterocycles. The highest BCUT2D eigenvalue weighted by molar-refractivity contribution is 7.18. The van der Waals surface area contributed by atoms with Crippen LogP contribution in [0.15, 0.2) is 54.7 Å². The number of hydrogen-bond acceptors (Lipinski definition) is 6. The summed E-state index contributed by atoms with van der Waals surface area (Å²) < 4.78 is 0. The fraction of sp³-hybridized carbons (Fsp3) is 0.400. The molecule has 2 N–H and O–H groups in total. The standard InChI is InChI=1S/C25H29N5OS/c31-24(21-9-4-5-14-26-21)30-15-12-18(13-16-30)20-10-6-11-23(28-20)29-25-27-17-22(32-25)19-7-2-1-3-8-19/h1-3,6-8,10-11,17-18,21,26H,4-5,9,12-16H2,(H,27,28,29). The van der Waals surface area contributed by atoms with Gasteiger partial charge in [0.15, 0.2) is 5.13 Å². The number of likely N-dealkylation sites (tertiary alicyclic amines) is 1. The number of hydrogen-bond donors (Lipinski definition) is 2. The Morgan fingerprint density at radius 2 is 1.88 bits per heavy atom. The molecule has 2 aliphatic heterocycles. The SMILES string of the molecule is O=C(C1CCCCN1)N1CCC(c2cccc(Nc3ncc(-c4ccccc4)s3)n2)CC1. The van der Waals surface area contributed by atoms with Crippen LogP contribution in [-0.2, 0) is 4.79 Å². The molecular weight excluding hydrogens is 418 g/mol. The van der Waals surface area contributed by atoms with Gasteiger partial charge in [-0.1, -0.05) is 54.2 Å². The zero-order chi connectivity index (χ0) is 21.8. The first kappa shape index (κ1) is 21.1. The summed E-state index contributed by atoms with van der Waals surface area (Å²) >= 11 is 1.63. The predicted molar refractivity (Wildman–Crippen MR) is 129 cm³/mol. The van der Waals surface area contributed by atoms with Gasteiger partial charge in [-0.25, -0.2) is 9.97 Å². The summed E-state index contributed by atoms with van der Waals surface area (Å²) in [6, 6.07) is 16.5. The Balaban J connectivity index is 1.20. The van der Waals surface area contributed by atoms with Gasteiger partial charge in [0.05, 0.1) is 10.9 Å². The van der Waals surface area contributed by atoms with E-state index in [1.54, 1.807) is 11.3 Å². The van der Waals surface area contributed by atoms with E-state index in [9.17, 15) is 4.79 Å². The molecule has 5 rings (SSSR count). The molecule has 1 atom stereocenters. The number of aromatic nitrogens is 2. The van der Waals surface area contributed by atoms with Crippen molar-refractivity contribution in [2.75, 3.05) is 25.0 Å². The number of piperidine rings is 2. The third-order valence-electron chi connectivity index (χ3n) is 6.40. The van der Waals surface area contributed by atoms with E-state index in [2.05, 4.69) is 39.9 Å². The zero-order valence-electron chi connectivity index (χ0n) is 18.2. The smallest absolute Gasteiger partial charge is 0.239 e. The van der Waals surface area contributed by atoms with E-state index in [0.717, 1.165) is 66.8 Å². The molecule has 2 saturated heterocycles. The second kappa shape index (κ2) is 9.79. The number of pyridine rings is 1. The van der Waals surface area contributed by atoms with Gasteiger partial charge in [0, 0.05) is 30.9 Å². The van der Waals surface area contributed by atoms with Crippen molar-refractivity contribution >= 4 is 28.2 Å². The Labute approximate surface area is 193 Å². The number of rotatable bonds is 5. The molecule has 4 heterocycles. The Morgan fingerprint density at radius 3 is 2.66 bits per heavy atom. The zero-order valence-corrected chi connectivity index (χ0v) is 19.0. The maximum Gasteiger partial charge on any atom is 0.239 e. The molecule has 0 aliphatic carbocycles. The third-order valence-corrected chi connectivity index (χ3v) is 7.36. The van der Waals surface area contributed by atoms with Crippen LogP contribution < -0.4 is 10.6 Å². The van der Waals surface area contributed by atoms with Crippen molar-refractivity contribution in [3.63, 3.8) is 0 Å². The van der Waals surface area contributed by atoms with Gasteiger partial charge in [-0.3, -0.25) is 4.79 Å². The van der Waals surface area contributed by atoms with Gasteiger partial charge < -0.3 is 15.5 Å². The maximum atomic E-state index is 12.8. The first-order chi connectivity index (χ1) is 15.8. The number of nitrogens with zero attached hydrogens (tertiary/aromatic N) is 3. The van der Waals surface area contributed by atoms with Crippen LogP contribution in [0.2, 0.25) is 0 Å². The maximum absolute atomic E-state index is 12.8. The molecule has 1 aromatic carbocycles. The van der Waals surface area contributed by atoms with Gasteiger partial charge in [0.2, 0.25) is 5.91 Å². The lowest BCUT2D eigenvalue weighted by Gasteiger charge is -2.35. The fourth-order valence-corrected chi connectivity index (χ4v) is 5.43. The molecule has 2 aliphatic rings. The molecule has 1 amide bonds. The molecule has 0 saturated carbocycles. The molecule has 166 valence electrons. The summed E-state index contributed by atoms with van der Waals surface area (Å²) in [4.78, 5) is 25.4. The van der Waals surface area contributed by atoms with Crippen LogP contribution >= 0.6 is 11.3 Å². The third kappa shape index (κ3) is 4.84. The van der Waals surface area contributed by atoms with E-state index >= 15 is 0 Å². The summed E-state index contributed by atoms with van der Waals surface area (Å²) in [6.45, 7) is 2.59. The highest BCUT2D eigenvalue weighted by atomic mass is 32.1. The van der Waals surface area contributed by atoms with Gasteiger partial charge in [0.1, 0.15) is 5.82 Å². The molecule has 32 heavy (non-hydrogen) atoms. The summed E-state index contributed by atoms with van der Waals surface area (Å²) in [5.41, 5.74) is 2.27. The Kier molecular flexibility index (Phi) is 6.46. The monoisotopic (exact) mass is 447 g/mol. The average molecular weight is 448 g/mol. The predicted octanol–water partition coefficient (Wildman–Crippen LogP) is 4.80. The van der Waals surface area contributed by atoms with E-state index in [1.807, 2.05) is 35.4 Å². The molecule has 7 heteroatoms. The molecule has 3 aromatic rings. The molecule has 0 bridgehead atoms. The van der Waals surface area contributed by atoms with E-state index in [0.29, 0.717) is 5.92 Å². The highest BCUT2D eigenvalue weighted by Crippen LogP contribution is 2.32. The van der Waals surface area contributed by atoms with Crippen LogP contribution in [0.1, 0.15) is 43.7 Å². The highest BCUT2D eigenvalue weighted by Gasteiger charge is 2.29. The van der Waals surface area contributed by atoms with Crippen LogP contribution in [0, 0.1) is 0 Å². The number of nitrogens with one attached hydrogen (secondary N) is 2. The Bertz CT molecular complexity index is 1040. The van der Waals surface area contributed by atoms with Crippen LogP contribution in [0.5, 0.6) is 0 Å². The van der Waals surface area contributed by atoms with E-state index < -0.39 is 0 Å². The van der Waals surface area contributed by atoms with Crippen LogP contribution in [0.25, 0.3) is 10.4 Å². The van der Waals surface area contributed by atoms with Crippen molar-refractivity contribution in [1.82, 2.24) is 20.2 Å². The lowest BCUT2D eigenvalue weighted by atomic mass is 9.92. The van der Waals surface area contributed by atoms with Crippen LogP contribution in [0.4, 0.5) is 10.9 Å². The number of thiazole rings is 1. The van der Waals surface area contributed by atoms with E-state index in [-0.39, 0.29) is 11.9 Å². The lowest BCUT2D eigenvalue weighted by molar-refractivity contribution is -0.135. The first-order valence-electron chi connectivity index (χ1n) is 11.5.